The topological polar surface area (TPSA) is 125 Å². The van der Waals surface area contributed by atoms with Crippen LogP contribution in [0.4, 0.5) is 21.6 Å². The highest BCUT2D eigenvalue weighted by Crippen LogP contribution is 2.61. The first-order chi connectivity index (χ1) is 18.4. The minimum atomic E-state index is -2.98. The Morgan fingerprint density at radius 2 is 2.00 bits per heavy atom. The van der Waals surface area contributed by atoms with Gasteiger partial charge in [0.2, 0.25) is 0 Å². The normalized spacial score (nSPS) is 19.4. The average Bonchev–Trinajstić information content (AvgIpc) is 3.25. The van der Waals surface area contributed by atoms with E-state index in [2.05, 4.69) is 10.7 Å². The van der Waals surface area contributed by atoms with E-state index in [0.29, 0.717) is 61.4 Å². The first-order valence-corrected chi connectivity index (χ1v) is 13.7. The number of nitro groups is 1. The van der Waals surface area contributed by atoms with Crippen molar-refractivity contribution in [2.45, 2.75) is 19.9 Å². The number of nitrogens with zero attached hydrogens (tertiary/aromatic N) is 8. The molecule has 1 atom stereocenters. The lowest BCUT2D eigenvalue weighted by Gasteiger charge is -2.46. The number of benzene rings is 2. The fraction of sp³-hybridized carbons (Fsp3) is 0.320. The van der Waals surface area contributed by atoms with Crippen LogP contribution in [-0.2, 0) is 11.3 Å². The molecule has 1 fully saturated rings. The van der Waals surface area contributed by atoms with E-state index >= 15 is 4.39 Å². The fourth-order valence-corrected chi connectivity index (χ4v) is 8.66. The SMILES string of the molecule is Cc1nn(CCC#N)c2c1P(=Nc1cccc([N+](=O)[O-])c1)(N1CCOCC1)N(C)C(c1ccccc1F)=N2. The first-order valence-electron chi connectivity index (χ1n) is 12.1. The molecule has 196 valence electrons. The van der Waals surface area contributed by atoms with Crippen molar-refractivity contribution < 1.29 is 14.1 Å². The van der Waals surface area contributed by atoms with Crippen molar-refractivity contribution in [3.8, 4) is 6.07 Å². The van der Waals surface area contributed by atoms with Gasteiger partial charge in [-0.2, -0.15) is 10.4 Å². The Morgan fingerprint density at radius 3 is 2.71 bits per heavy atom. The molecule has 3 aromatic rings. The maximum absolute atomic E-state index is 15.2. The third-order valence-electron chi connectivity index (χ3n) is 6.53. The lowest BCUT2D eigenvalue weighted by molar-refractivity contribution is -0.384. The molecule has 0 saturated carbocycles. The Balaban J connectivity index is 1.86. The molecule has 1 unspecified atom stereocenters. The largest absolute Gasteiger partial charge is 0.379 e. The Labute approximate surface area is 219 Å². The third kappa shape index (κ3) is 4.39. The van der Waals surface area contributed by atoms with Gasteiger partial charge in [-0.25, -0.2) is 23.5 Å². The predicted octanol–water partition coefficient (Wildman–Crippen LogP) is 4.50. The maximum Gasteiger partial charge on any atom is 0.271 e. The Kier molecular flexibility index (Phi) is 7.08. The van der Waals surface area contributed by atoms with E-state index in [0.717, 1.165) is 5.30 Å². The van der Waals surface area contributed by atoms with Gasteiger partial charge in [-0.15, -0.1) is 0 Å². The number of rotatable bonds is 6. The van der Waals surface area contributed by atoms with Crippen LogP contribution in [0.15, 0.2) is 58.3 Å². The Morgan fingerprint density at radius 1 is 1.24 bits per heavy atom. The minimum Gasteiger partial charge on any atom is -0.379 e. The van der Waals surface area contributed by atoms with Crippen molar-refractivity contribution in [2.24, 2.45) is 9.74 Å². The Bertz CT molecular complexity index is 1520. The number of nitro benzene ring substituents is 1. The summed E-state index contributed by atoms with van der Waals surface area (Å²) in [5.74, 6) is 0.461. The minimum absolute atomic E-state index is 0.0734. The van der Waals surface area contributed by atoms with Gasteiger partial charge in [-0.3, -0.25) is 10.1 Å². The van der Waals surface area contributed by atoms with Crippen LogP contribution in [0.2, 0.25) is 0 Å². The van der Waals surface area contributed by atoms with E-state index in [4.69, 9.17) is 19.6 Å². The van der Waals surface area contributed by atoms with Crippen molar-refractivity contribution in [3.63, 3.8) is 0 Å². The van der Waals surface area contributed by atoms with Gasteiger partial charge in [0.05, 0.1) is 59.4 Å². The monoisotopic (exact) mass is 536 g/mol. The molecule has 2 aliphatic rings. The lowest BCUT2D eigenvalue weighted by Crippen LogP contribution is -2.45. The summed E-state index contributed by atoms with van der Waals surface area (Å²) in [6, 6.07) is 14.8. The molecule has 2 aliphatic heterocycles. The van der Waals surface area contributed by atoms with Crippen LogP contribution >= 0.6 is 7.36 Å². The molecule has 0 N–H and O–H groups in total. The van der Waals surface area contributed by atoms with Crippen molar-refractivity contribution >= 4 is 35.7 Å². The number of non-ortho nitro benzene ring substituents is 1. The standard InChI is InChI=1S/C25H26FN8O3P/c1-18-23-25(33(29-18)12-6-11-27)28-24(21-9-3-4-10-22(21)26)31(2)38(23,32-13-15-37-16-14-32)30-19-7-5-8-20(17-19)34(35)36/h3-5,7-10,17H,6,12-16H2,1-2H3. The van der Waals surface area contributed by atoms with Crippen molar-refractivity contribution in [1.82, 2.24) is 19.1 Å². The van der Waals surface area contributed by atoms with Gasteiger partial charge in [0.25, 0.3) is 5.69 Å². The van der Waals surface area contributed by atoms with E-state index in [1.807, 2.05) is 18.6 Å². The van der Waals surface area contributed by atoms with Gasteiger partial charge in [0.1, 0.15) is 11.7 Å². The molecule has 2 aromatic carbocycles. The summed E-state index contributed by atoms with van der Waals surface area (Å²) in [6.45, 7) is 4.22. The number of amidine groups is 1. The van der Waals surface area contributed by atoms with E-state index in [1.165, 1.54) is 18.2 Å². The van der Waals surface area contributed by atoms with Gasteiger partial charge in [0, 0.05) is 32.3 Å². The number of halogens is 1. The summed E-state index contributed by atoms with van der Waals surface area (Å²) in [5, 5.41) is 26.3. The molecule has 38 heavy (non-hydrogen) atoms. The fourth-order valence-electron chi connectivity index (χ4n) is 4.84. The van der Waals surface area contributed by atoms with Crippen LogP contribution in [0.3, 0.4) is 0 Å². The molecule has 0 radical (unpaired) electrons. The van der Waals surface area contributed by atoms with E-state index in [-0.39, 0.29) is 12.1 Å². The lowest BCUT2D eigenvalue weighted by atomic mass is 10.2. The number of hydrogen-bond donors (Lipinski definition) is 0. The highest BCUT2D eigenvalue weighted by atomic mass is 31.2. The van der Waals surface area contributed by atoms with Gasteiger partial charge in [-0.05, 0) is 25.1 Å². The second-order valence-electron chi connectivity index (χ2n) is 8.84. The van der Waals surface area contributed by atoms with E-state index < -0.39 is 18.1 Å². The molecule has 5 rings (SSSR count). The zero-order chi connectivity index (χ0) is 26.9. The molecule has 1 saturated heterocycles. The molecule has 0 amide bonds. The molecule has 0 aliphatic carbocycles. The molecular formula is C25H26FN8O3P. The number of aryl methyl sites for hydroxylation is 2. The second kappa shape index (κ2) is 10.5. The number of fused-ring (bicyclic) bond motifs is 1. The summed E-state index contributed by atoms with van der Waals surface area (Å²) in [6.07, 6.45) is 0.221. The van der Waals surface area contributed by atoms with Gasteiger partial charge >= 0.3 is 0 Å². The van der Waals surface area contributed by atoms with Crippen molar-refractivity contribution in [2.75, 3.05) is 33.4 Å². The third-order valence-corrected chi connectivity index (χ3v) is 10.4. The molecule has 1 aromatic heterocycles. The highest BCUT2D eigenvalue weighted by molar-refractivity contribution is 7.70. The number of ether oxygens (including phenoxy) is 1. The first kappa shape index (κ1) is 25.7. The number of hydrogen-bond acceptors (Lipinski definition) is 7. The van der Waals surface area contributed by atoms with Gasteiger partial charge < -0.3 is 9.41 Å². The van der Waals surface area contributed by atoms with Gasteiger partial charge in [-0.1, -0.05) is 18.2 Å². The zero-order valence-corrected chi connectivity index (χ0v) is 21.9. The van der Waals surface area contributed by atoms with Crippen molar-refractivity contribution in [3.05, 3.63) is 75.7 Å². The quantitative estimate of drug-likeness (QED) is 0.258. The number of aromatic nitrogens is 2. The summed E-state index contributed by atoms with van der Waals surface area (Å²) in [4.78, 5) is 16.0. The van der Waals surface area contributed by atoms with Crippen LogP contribution in [0.25, 0.3) is 0 Å². The smallest absolute Gasteiger partial charge is 0.271 e. The second-order valence-corrected chi connectivity index (χ2v) is 11.8. The van der Waals surface area contributed by atoms with Crippen LogP contribution in [0.5, 0.6) is 0 Å². The average molecular weight is 537 g/mol. The molecule has 0 spiro atoms. The molecule has 0 bridgehead atoms. The van der Waals surface area contributed by atoms with E-state index in [1.54, 1.807) is 35.0 Å². The summed E-state index contributed by atoms with van der Waals surface area (Å²) in [7, 11) is -1.15. The van der Waals surface area contributed by atoms with E-state index in [9.17, 15) is 15.4 Å². The maximum atomic E-state index is 15.2. The predicted molar refractivity (Wildman–Crippen MR) is 142 cm³/mol. The Hall–Kier alpha value is -3.91. The molecular weight excluding hydrogens is 510 g/mol. The molecule has 11 nitrogen and oxygen atoms in total. The van der Waals surface area contributed by atoms with Crippen LogP contribution < -0.4 is 5.30 Å². The zero-order valence-electron chi connectivity index (χ0n) is 21.0. The summed E-state index contributed by atoms with van der Waals surface area (Å²) < 4.78 is 31.9. The van der Waals surface area contributed by atoms with Gasteiger partial charge in [0.15, 0.2) is 13.2 Å². The molecule has 3 heterocycles. The number of aliphatic imine (C=N–C) groups is 1. The van der Waals surface area contributed by atoms with Crippen LogP contribution in [-0.4, -0.2) is 63.2 Å². The number of nitriles is 1. The summed E-state index contributed by atoms with van der Waals surface area (Å²) in [5.41, 5.74) is 1.35. The van der Waals surface area contributed by atoms with Crippen LogP contribution in [0.1, 0.15) is 17.7 Å². The number of morpholine rings is 1. The molecule has 13 heteroatoms. The van der Waals surface area contributed by atoms with Crippen LogP contribution in [0, 0.1) is 34.2 Å². The van der Waals surface area contributed by atoms with Crippen molar-refractivity contribution in [1.29, 1.82) is 5.26 Å². The highest BCUT2D eigenvalue weighted by Gasteiger charge is 2.45. The summed E-state index contributed by atoms with van der Waals surface area (Å²) >= 11 is 0.